The number of aromatic nitrogens is 1. The van der Waals surface area contributed by atoms with Crippen molar-refractivity contribution in [2.45, 2.75) is 26.1 Å². The molecule has 18 heavy (non-hydrogen) atoms. The van der Waals surface area contributed by atoms with Crippen molar-refractivity contribution in [3.8, 4) is 6.07 Å². The first-order valence-electron chi connectivity index (χ1n) is 6.02. The zero-order valence-corrected chi connectivity index (χ0v) is 10.6. The van der Waals surface area contributed by atoms with Crippen molar-refractivity contribution in [1.82, 2.24) is 4.98 Å². The fourth-order valence-electron chi connectivity index (χ4n) is 2.21. The lowest BCUT2D eigenvalue weighted by atomic mass is 10.2. The predicted molar refractivity (Wildman–Crippen MR) is 67.3 cm³/mol. The molecular formula is C13H17N3O2. The third-order valence-corrected chi connectivity index (χ3v) is 2.92. The van der Waals surface area contributed by atoms with Crippen molar-refractivity contribution >= 4 is 5.82 Å². The predicted octanol–water partition coefficient (Wildman–Crippen LogP) is 0.848. The van der Waals surface area contributed by atoms with Crippen LogP contribution in [0.25, 0.3) is 0 Å². The Hall–Kier alpha value is -1.64. The van der Waals surface area contributed by atoms with Gasteiger partial charge in [0.1, 0.15) is 5.82 Å². The Balaban J connectivity index is 2.25. The van der Waals surface area contributed by atoms with Gasteiger partial charge in [0.2, 0.25) is 0 Å². The number of anilines is 1. The van der Waals surface area contributed by atoms with E-state index in [0.29, 0.717) is 12.1 Å². The molecule has 1 aromatic rings. The fourth-order valence-corrected chi connectivity index (χ4v) is 2.21. The zero-order chi connectivity index (χ0) is 13.1. The van der Waals surface area contributed by atoms with E-state index in [1.807, 2.05) is 13.8 Å². The smallest absolute Gasteiger partial charge is 0.130 e. The maximum absolute atomic E-state index is 9.20. The van der Waals surface area contributed by atoms with Crippen LogP contribution in [0.3, 0.4) is 0 Å². The maximum atomic E-state index is 9.20. The van der Waals surface area contributed by atoms with E-state index < -0.39 is 0 Å². The van der Waals surface area contributed by atoms with E-state index in [2.05, 4.69) is 16.0 Å². The molecule has 2 unspecified atom stereocenters. The molecule has 0 radical (unpaired) electrons. The lowest BCUT2D eigenvalue weighted by molar-refractivity contribution is -0.0423. The Morgan fingerprint density at radius 2 is 2.33 bits per heavy atom. The second-order valence-corrected chi connectivity index (χ2v) is 4.62. The summed E-state index contributed by atoms with van der Waals surface area (Å²) in [6.45, 7) is 5.16. The first-order chi connectivity index (χ1) is 8.62. The Bertz CT molecular complexity index is 470. The molecule has 2 heterocycles. The minimum atomic E-state index is -0.193. The molecule has 1 aliphatic heterocycles. The molecule has 1 fully saturated rings. The van der Waals surface area contributed by atoms with Gasteiger partial charge in [0.25, 0.3) is 0 Å². The first-order valence-corrected chi connectivity index (χ1v) is 6.02. The van der Waals surface area contributed by atoms with E-state index in [0.717, 1.165) is 18.1 Å². The minimum absolute atomic E-state index is 0.00222. The molecule has 0 amide bonds. The molecule has 2 atom stereocenters. The largest absolute Gasteiger partial charge is 0.394 e. The monoisotopic (exact) mass is 247 g/mol. The van der Waals surface area contributed by atoms with Gasteiger partial charge in [-0.2, -0.15) is 5.26 Å². The number of rotatable bonds is 2. The highest BCUT2D eigenvalue weighted by molar-refractivity contribution is 5.47. The summed E-state index contributed by atoms with van der Waals surface area (Å²) >= 11 is 0. The SMILES string of the molecule is Cc1cc(C#N)cc(N2CC(C)OC(CO)C2)n1. The highest BCUT2D eigenvalue weighted by Gasteiger charge is 2.25. The quantitative estimate of drug-likeness (QED) is 0.839. The number of aryl methyl sites for hydroxylation is 1. The van der Waals surface area contributed by atoms with Crippen LogP contribution in [0.4, 0.5) is 5.82 Å². The number of aliphatic hydroxyl groups is 1. The molecule has 1 aromatic heterocycles. The number of hydrogen-bond acceptors (Lipinski definition) is 5. The number of morpholine rings is 1. The van der Waals surface area contributed by atoms with Crippen LogP contribution in [0.5, 0.6) is 0 Å². The molecule has 2 rings (SSSR count). The van der Waals surface area contributed by atoms with Crippen molar-refractivity contribution in [1.29, 1.82) is 5.26 Å². The van der Waals surface area contributed by atoms with Crippen LogP contribution in [0.15, 0.2) is 12.1 Å². The summed E-state index contributed by atoms with van der Waals surface area (Å²) in [5.41, 5.74) is 1.43. The van der Waals surface area contributed by atoms with E-state index in [-0.39, 0.29) is 18.8 Å². The van der Waals surface area contributed by atoms with Crippen molar-refractivity contribution in [2.24, 2.45) is 0 Å². The highest BCUT2D eigenvalue weighted by atomic mass is 16.5. The van der Waals surface area contributed by atoms with Crippen LogP contribution in [-0.4, -0.2) is 42.0 Å². The van der Waals surface area contributed by atoms with E-state index in [4.69, 9.17) is 10.00 Å². The van der Waals surface area contributed by atoms with E-state index in [9.17, 15) is 5.11 Å². The Labute approximate surface area is 107 Å². The molecule has 0 spiro atoms. The van der Waals surface area contributed by atoms with Gasteiger partial charge in [-0.3, -0.25) is 0 Å². The summed E-state index contributed by atoms with van der Waals surface area (Å²) in [4.78, 5) is 6.50. The van der Waals surface area contributed by atoms with Crippen LogP contribution in [-0.2, 0) is 4.74 Å². The Morgan fingerprint density at radius 1 is 1.56 bits per heavy atom. The first kappa shape index (κ1) is 12.8. The minimum Gasteiger partial charge on any atom is -0.394 e. The Morgan fingerprint density at radius 3 is 3.00 bits per heavy atom. The van der Waals surface area contributed by atoms with Gasteiger partial charge < -0.3 is 14.7 Å². The van der Waals surface area contributed by atoms with E-state index >= 15 is 0 Å². The number of pyridine rings is 1. The zero-order valence-electron chi connectivity index (χ0n) is 10.6. The van der Waals surface area contributed by atoms with Crippen LogP contribution in [0.1, 0.15) is 18.2 Å². The topological polar surface area (TPSA) is 69.4 Å². The lowest BCUT2D eigenvalue weighted by Crippen LogP contribution is -2.48. The molecule has 96 valence electrons. The molecule has 0 bridgehead atoms. The molecular weight excluding hydrogens is 230 g/mol. The molecule has 0 saturated carbocycles. The number of nitrogens with zero attached hydrogens (tertiary/aromatic N) is 3. The molecule has 0 aliphatic carbocycles. The standard InChI is InChI=1S/C13H17N3O2/c1-9-3-11(5-14)4-13(15-9)16-6-10(2)18-12(7-16)8-17/h3-4,10,12,17H,6-8H2,1-2H3. The van der Waals surface area contributed by atoms with Gasteiger partial charge in [0.15, 0.2) is 0 Å². The number of aliphatic hydroxyl groups excluding tert-OH is 1. The van der Waals surface area contributed by atoms with Crippen molar-refractivity contribution in [3.05, 3.63) is 23.4 Å². The normalized spacial score (nSPS) is 23.8. The Kier molecular flexibility index (Phi) is 3.80. The van der Waals surface area contributed by atoms with E-state index in [1.165, 1.54) is 0 Å². The van der Waals surface area contributed by atoms with Crippen LogP contribution >= 0.6 is 0 Å². The van der Waals surface area contributed by atoms with Gasteiger partial charge in [0, 0.05) is 18.8 Å². The number of hydrogen-bond donors (Lipinski definition) is 1. The fraction of sp³-hybridized carbons (Fsp3) is 0.538. The van der Waals surface area contributed by atoms with Crippen molar-refractivity contribution in [3.63, 3.8) is 0 Å². The van der Waals surface area contributed by atoms with Gasteiger partial charge in [-0.15, -0.1) is 0 Å². The lowest BCUT2D eigenvalue weighted by Gasteiger charge is -2.36. The van der Waals surface area contributed by atoms with Gasteiger partial charge in [-0.25, -0.2) is 4.98 Å². The number of nitriles is 1. The summed E-state index contributed by atoms with van der Waals surface area (Å²) in [6.07, 6.45) is -0.148. The summed E-state index contributed by atoms with van der Waals surface area (Å²) in [5, 5.41) is 18.2. The van der Waals surface area contributed by atoms with Crippen LogP contribution < -0.4 is 4.90 Å². The highest BCUT2D eigenvalue weighted by Crippen LogP contribution is 2.20. The second-order valence-electron chi connectivity index (χ2n) is 4.62. The average molecular weight is 247 g/mol. The van der Waals surface area contributed by atoms with Gasteiger partial charge in [-0.05, 0) is 26.0 Å². The third kappa shape index (κ3) is 2.78. The van der Waals surface area contributed by atoms with E-state index in [1.54, 1.807) is 12.1 Å². The van der Waals surface area contributed by atoms with Crippen LogP contribution in [0, 0.1) is 18.3 Å². The average Bonchev–Trinajstić information content (AvgIpc) is 2.37. The van der Waals surface area contributed by atoms with Crippen LogP contribution in [0.2, 0.25) is 0 Å². The molecule has 1 saturated heterocycles. The molecule has 1 N–H and O–H groups in total. The summed E-state index contributed by atoms with van der Waals surface area (Å²) < 4.78 is 5.59. The van der Waals surface area contributed by atoms with Gasteiger partial charge in [0.05, 0.1) is 30.4 Å². The maximum Gasteiger partial charge on any atom is 0.130 e. The summed E-state index contributed by atoms with van der Waals surface area (Å²) in [6, 6.07) is 5.67. The van der Waals surface area contributed by atoms with Crippen molar-refractivity contribution < 1.29 is 9.84 Å². The second kappa shape index (κ2) is 5.34. The third-order valence-electron chi connectivity index (χ3n) is 2.92. The number of ether oxygens (including phenoxy) is 1. The molecule has 0 aromatic carbocycles. The summed E-state index contributed by atoms with van der Waals surface area (Å²) in [7, 11) is 0. The van der Waals surface area contributed by atoms with Gasteiger partial charge >= 0.3 is 0 Å². The summed E-state index contributed by atoms with van der Waals surface area (Å²) in [5.74, 6) is 0.778. The molecule has 5 nitrogen and oxygen atoms in total. The molecule has 5 heteroatoms. The van der Waals surface area contributed by atoms with Gasteiger partial charge in [-0.1, -0.05) is 0 Å². The van der Waals surface area contributed by atoms with Crippen molar-refractivity contribution in [2.75, 3.05) is 24.6 Å². The molecule has 1 aliphatic rings.